The van der Waals surface area contributed by atoms with Crippen LogP contribution in [0.25, 0.3) is 0 Å². The first kappa shape index (κ1) is 16.2. The minimum absolute atomic E-state index is 0.148. The van der Waals surface area contributed by atoms with Crippen molar-refractivity contribution in [2.24, 2.45) is 0 Å². The van der Waals surface area contributed by atoms with E-state index in [4.69, 9.17) is 0 Å². The first-order valence-electron chi connectivity index (χ1n) is 6.72. The van der Waals surface area contributed by atoms with E-state index in [1.807, 2.05) is 27.7 Å². The van der Waals surface area contributed by atoms with Gasteiger partial charge in [-0.15, -0.1) is 0 Å². The van der Waals surface area contributed by atoms with Crippen molar-refractivity contribution in [3.63, 3.8) is 0 Å². The number of amides is 1. The molecule has 3 N–H and O–H groups in total. The van der Waals surface area contributed by atoms with Crippen molar-refractivity contribution >= 4 is 11.9 Å². The van der Waals surface area contributed by atoms with Crippen molar-refractivity contribution < 1.29 is 14.7 Å². The summed E-state index contributed by atoms with van der Waals surface area (Å²) in [7, 11) is 0. The lowest BCUT2D eigenvalue weighted by Crippen LogP contribution is -2.52. The van der Waals surface area contributed by atoms with E-state index in [0.717, 1.165) is 5.69 Å². The SMILES string of the molecule is CCCC(C)(NC(=O)c1cc(C(C)(C)C)[nH]n1)C(=O)O. The number of rotatable bonds is 5. The summed E-state index contributed by atoms with van der Waals surface area (Å²) in [4.78, 5) is 23.4. The highest BCUT2D eigenvalue weighted by Gasteiger charge is 2.34. The standard InChI is InChI=1S/C14H23N3O3/c1-6-7-14(5,12(19)20)15-11(18)9-8-10(17-16-9)13(2,3)4/h8H,6-7H2,1-5H3,(H,15,18)(H,16,17)(H,19,20). The molecule has 0 aliphatic rings. The molecule has 0 fully saturated rings. The highest BCUT2D eigenvalue weighted by Crippen LogP contribution is 2.21. The van der Waals surface area contributed by atoms with Crippen LogP contribution in [0.1, 0.15) is 63.6 Å². The van der Waals surface area contributed by atoms with Gasteiger partial charge in [0.1, 0.15) is 11.2 Å². The molecule has 0 radical (unpaired) electrons. The maximum absolute atomic E-state index is 12.1. The maximum atomic E-state index is 12.1. The molecule has 112 valence electrons. The summed E-state index contributed by atoms with van der Waals surface area (Å²) in [6, 6.07) is 1.66. The summed E-state index contributed by atoms with van der Waals surface area (Å²) < 4.78 is 0. The summed E-state index contributed by atoms with van der Waals surface area (Å²) in [6.07, 6.45) is 1.03. The number of H-pyrrole nitrogens is 1. The van der Waals surface area contributed by atoms with E-state index in [-0.39, 0.29) is 11.1 Å². The van der Waals surface area contributed by atoms with Crippen molar-refractivity contribution in [3.05, 3.63) is 17.5 Å². The van der Waals surface area contributed by atoms with Crippen LogP contribution in [0, 0.1) is 0 Å². The fraction of sp³-hybridized carbons (Fsp3) is 0.643. The van der Waals surface area contributed by atoms with Gasteiger partial charge in [-0.2, -0.15) is 5.10 Å². The second-order valence-electron chi connectivity index (χ2n) is 6.26. The van der Waals surface area contributed by atoms with Gasteiger partial charge >= 0.3 is 5.97 Å². The normalized spacial score (nSPS) is 14.7. The summed E-state index contributed by atoms with van der Waals surface area (Å²) >= 11 is 0. The van der Waals surface area contributed by atoms with Gasteiger partial charge in [-0.25, -0.2) is 4.79 Å². The average Bonchev–Trinajstić information content (AvgIpc) is 2.77. The second-order valence-corrected chi connectivity index (χ2v) is 6.26. The third-order valence-corrected chi connectivity index (χ3v) is 3.23. The Morgan fingerprint density at radius 1 is 1.35 bits per heavy atom. The smallest absolute Gasteiger partial charge is 0.329 e. The second kappa shape index (κ2) is 5.64. The highest BCUT2D eigenvalue weighted by atomic mass is 16.4. The fourth-order valence-corrected chi connectivity index (χ4v) is 1.86. The molecule has 0 spiro atoms. The zero-order valence-corrected chi connectivity index (χ0v) is 12.7. The van der Waals surface area contributed by atoms with Gasteiger partial charge in [0.2, 0.25) is 0 Å². The highest BCUT2D eigenvalue weighted by molar-refractivity contribution is 5.96. The van der Waals surface area contributed by atoms with Crippen LogP contribution in [0.5, 0.6) is 0 Å². The number of nitrogens with zero attached hydrogens (tertiary/aromatic N) is 1. The molecule has 1 unspecified atom stereocenters. The summed E-state index contributed by atoms with van der Waals surface area (Å²) in [6.45, 7) is 9.38. The average molecular weight is 281 g/mol. The minimum atomic E-state index is -1.27. The lowest BCUT2D eigenvalue weighted by molar-refractivity contribution is -0.144. The Morgan fingerprint density at radius 3 is 2.35 bits per heavy atom. The molecule has 0 aliphatic carbocycles. The Kier molecular flexibility index (Phi) is 4.57. The Hall–Kier alpha value is -1.85. The van der Waals surface area contributed by atoms with E-state index < -0.39 is 17.4 Å². The third kappa shape index (κ3) is 3.59. The van der Waals surface area contributed by atoms with Gasteiger partial charge < -0.3 is 10.4 Å². The summed E-state index contributed by atoms with van der Waals surface area (Å²) in [5, 5.41) is 18.6. The van der Waals surface area contributed by atoms with Crippen molar-refractivity contribution in [1.82, 2.24) is 15.5 Å². The third-order valence-electron chi connectivity index (χ3n) is 3.23. The molecular weight excluding hydrogens is 258 g/mol. The van der Waals surface area contributed by atoms with Gasteiger partial charge in [0.05, 0.1) is 0 Å². The Balaban J connectivity index is 2.90. The molecular formula is C14H23N3O3. The molecule has 20 heavy (non-hydrogen) atoms. The van der Waals surface area contributed by atoms with Gasteiger partial charge in [-0.3, -0.25) is 9.89 Å². The van der Waals surface area contributed by atoms with E-state index in [9.17, 15) is 14.7 Å². The van der Waals surface area contributed by atoms with Crippen LogP contribution in [-0.2, 0) is 10.2 Å². The number of aliphatic carboxylic acids is 1. The predicted molar refractivity (Wildman–Crippen MR) is 75.7 cm³/mol. The number of carbonyl (C=O) groups is 2. The number of hydrogen-bond donors (Lipinski definition) is 3. The van der Waals surface area contributed by atoms with Gasteiger partial charge in [-0.1, -0.05) is 34.1 Å². The van der Waals surface area contributed by atoms with Gasteiger partial charge in [0.25, 0.3) is 5.91 Å². The molecule has 1 atom stereocenters. The van der Waals surface area contributed by atoms with Crippen LogP contribution in [-0.4, -0.2) is 32.7 Å². The van der Waals surface area contributed by atoms with Crippen molar-refractivity contribution in [3.8, 4) is 0 Å². The molecule has 1 aromatic heterocycles. The molecule has 0 bridgehead atoms. The molecule has 0 aliphatic heterocycles. The number of nitrogens with one attached hydrogen (secondary N) is 2. The van der Waals surface area contributed by atoms with Crippen LogP contribution >= 0.6 is 0 Å². The number of aromatic nitrogens is 2. The van der Waals surface area contributed by atoms with E-state index in [0.29, 0.717) is 12.8 Å². The van der Waals surface area contributed by atoms with Crippen molar-refractivity contribution in [2.75, 3.05) is 0 Å². The molecule has 6 heteroatoms. The van der Waals surface area contributed by atoms with E-state index in [2.05, 4.69) is 15.5 Å². The molecule has 6 nitrogen and oxygen atoms in total. The number of hydrogen-bond acceptors (Lipinski definition) is 3. The van der Waals surface area contributed by atoms with Crippen LogP contribution < -0.4 is 5.32 Å². The Bertz CT molecular complexity index is 502. The van der Waals surface area contributed by atoms with Crippen LogP contribution in [0.3, 0.4) is 0 Å². The van der Waals surface area contributed by atoms with E-state index in [1.165, 1.54) is 6.92 Å². The molecule has 1 amide bonds. The molecule has 0 aromatic carbocycles. The maximum Gasteiger partial charge on any atom is 0.329 e. The Labute approximate surface area is 119 Å². The first-order chi connectivity index (χ1) is 9.10. The summed E-state index contributed by atoms with van der Waals surface area (Å²) in [5.41, 5.74) is -0.383. The van der Waals surface area contributed by atoms with Gasteiger partial charge in [0.15, 0.2) is 0 Å². The number of carboxylic acid groups (broad SMARTS) is 1. The molecule has 0 saturated carbocycles. The van der Waals surface area contributed by atoms with Gasteiger partial charge in [-0.05, 0) is 19.4 Å². The van der Waals surface area contributed by atoms with Crippen molar-refractivity contribution in [2.45, 2.75) is 58.4 Å². The largest absolute Gasteiger partial charge is 0.480 e. The van der Waals surface area contributed by atoms with Crippen LogP contribution in [0.2, 0.25) is 0 Å². The topological polar surface area (TPSA) is 95.1 Å². The van der Waals surface area contributed by atoms with Crippen molar-refractivity contribution in [1.29, 1.82) is 0 Å². The number of carbonyl (C=O) groups excluding carboxylic acids is 1. The molecule has 1 heterocycles. The fourth-order valence-electron chi connectivity index (χ4n) is 1.86. The zero-order valence-electron chi connectivity index (χ0n) is 12.7. The minimum Gasteiger partial charge on any atom is -0.480 e. The molecule has 1 aromatic rings. The quantitative estimate of drug-likeness (QED) is 0.770. The van der Waals surface area contributed by atoms with E-state index >= 15 is 0 Å². The monoisotopic (exact) mass is 281 g/mol. The zero-order chi connectivity index (χ0) is 15.6. The van der Waals surface area contributed by atoms with Crippen LogP contribution in [0.4, 0.5) is 0 Å². The number of aromatic amines is 1. The van der Waals surface area contributed by atoms with Crippen LogP contribution in [0.15, 0.2) is 6.07 Å². The number of carboxylic acids is 1. The molecule has 0 saturated heterocycles. The van der Waals surface area contributed by atoms with Gasteiger partial charge in [0, 0.05) is 11.1 Å². The first-order valence-corrected chi connectivity index (χ1v) is 6.72. The molecule has 1 rings (SSSR count). The lowest BCUT2D eigenvalue weighted by Gasteiger charge is -2.25. The Morgan fingerprint density at radius 2 is 1.95 bits per heavy atom. The summed E-state index contributed by atoms with van der Waals surface area (Å²) in [5.74, 6) is -1.52. The lowest BCUT2D eigenvalue weighted by atomic mass is 9.92. The predicted octanol–water partition coefficient (Wildman–Crippen LogP) is 2.08. The van der Waals surface area contributed by atoms with E-state index in [1.54, 1.807) is 6.07 Å².